The zero-order chi connectivity index (χ0) is 23.6. The minimum Gasteiger partial charge on any atom is -0.507 e. The second kappa shape index (κ2) is 8.78. The Labute approximate surface area is 186 Å². The van der Waals surface area contributed by atoms with E-state index in [0.29, 0.717) is 5.56 Å². The molecule has 1 aromatic heterocycles. The zero-order valence-electron chi connectivity index (χ0n) is 17.0. The molecule has 5 nitrogen and oxygen atoms in total. The van der Waals surface area contributed by atoms with Gasteiger partial charge in [0.15, 0.2) is 5.69 Å². The van der Waals surface area contributed by atoms with Crippen LogP contribution in [0, 0.1) is 5.82 Å². The molecule has 3 N–H and O–H groups in total. The van der Waals surface area contributed by atoms with Gasteiger partial charge in [-0.1, -0.05) is 48.5 Å². The van der Waals surface area contributed by atoms with Crippen LogP contribution in [0.5, 0.6) is 11.5 Å². The standard InChI is InChI=1S/C24H17F4N3O2/c25-18-9-5-4-8-15(18)13-33-16-10-11-17(19(32)12-16)21-20(14-6-2-1-3-7-14)22(24(26,27)28)31-23(29)30-21/h1-12,32H,13H2,(H2,29,30,31). The molecule has 33 heavy (non-hydrogen) atoms. The summed E-state index contributed by atoms with van der Waals surface area (Å²) in [5, 5.41) is 10.6. The van der Waals surface area contributed by atoms with Crippen molar-refractivity contribution in [3.8, 4) is 33.9 Å². The Morgan fingerprint density at radius 1 is 0.909 bits per heavy atom. The number of phenolic OH excluding ortho intramolecular Hbond substituents is 1. The molecule has 0 spiro atoms. The average molecular weight is 455 g/mol. The molecule has 168 valence electrons. The lowest BCUT2D eigenvalue weighted by atomic mass is 9.96. The zero-order valence-corrected chi connectivity index (χ0v) is 17.0. The summed E-state index contributed by atoms with van der Waals surface area (Å²) >= 11 is 0. The largest absolute Gasteiger partial charge is 0.507 e. The van der Waals surface area contributed by atoms with Crippen LogP contribution in [0.1, 0.15) is 11.3 Å². The summed E-state index contributed by atoms with van der Waals surface area (Å²) in [5.41, 5.74) is 4.40. The lowest BCUT2D eigenvalue weighted by Gasteiger charge is -2.17. The summed E-state index contributed by atoms with van der Waals surface area (Å²) in [5.74, 6) is -1.22. The predicted molar refractivity (Wildman–Crippen MR) is 115 cm³/mol. The lowest BCUT2D eigenvalue weighted by molar-refractivity contribution is -0.140. The Balaban J connectivity index is 1.77. The lowest BCUT2D eigenvalue weighted by Crippen LogP contribution is -2.14. The van der Waals surface area contributed by atoms with Crippen molar-refractivity contribution >= 4 is 5.95 Å². The number of alkyl halides is 3. The highest BCUT2D eigenvalue weighted by molar-refractivity contribution is 5.86. The van der Waals surface area contributed by atoms with Crippen LogP contribution >= 0.6 is 0 Å². The highest BCUT2D eigenvalue weighted by atomic mass is 19.4. The van der Waals surface area contributed by atoms with Crippen LogP contribution in [-0.4, -0.2) is 15.1 Å². The topological polar surface area (TPSA) is 81.3 Å². The molecular weight excluding hydrogens is 438 g/mol. The molecule has 4 rings (SSSR count). The number of anilines is 1. The number of hydrogen-bond acceptors (Lipinski definition) is 5. The normalized spacial score (nSPS) is 11.4. The number of nitrogens with zero attached hydrogens (tertiary/aromatic N) is 2. The Kier molecular flexibility index (Phi) is 5.87. The molecule has 1 heterocycles. The molecule has 9 heteroatoms. The van der Waals surface area contributed by atoms with E-state index >= 15 is 0 Å². The van der Waals surface area contributed by atoms with Crippen molar-refractivity contribution in [2.24, 2.45) is 0 Å². The number of aromatic hydroxyl groups is 1. The summed E-state index contributed by atoms with van der Waals surface area (Å²) in [6, 6.07) is 17.9. The minimum absolute atomic E-state index is 0.00620. The highest BCUT2D eigenvalue weighted by Crippen LogP contribution is 2.43. The Hall–Kier alpha value is -4.14. The highest BCUT2D eigenvalue weighted by Gasteiger charge is 2.38. The molecule has 0 saturated carbocycles. The van der Waals surface area contributed by atoms with Gasteiger partial charge in [0, 0.05) is 22.8 Å². The van der Waals surface area contributed by atoms with Crippen molar-refractivity contribution in [1.82, 2.24) is 9.97 Å². The summed E-state index contributed by atoms with van der Waals surface area (Å²) in [6.07, 6.45) is -4.81. The van der Waals surface area contributed by atoms with E-state index in [1.807, 2.05) is 0 Å². The van der Waals surface area contributed by atoms with E-state index in [1.54, 1.807) is 36.4 Å². The predicted octanol–water partition coefficient (Wildman–Crippen LogP) is 5.84. The smallest absolute Gasteiger partial charge is 0.434 e. The molecule has 0 aliphatic heterocycles. The monoisotopic (exact) mass is 455 g/mol. The number of benzene rings is 3. The third kappa shape index (κ3) is 4.72. The van der Waals surface area contributed by atoms with Crippen LogP contribution < -0.4 is 10.5 Å². The van der Waals surface area contributed by atoms with Crippen LogP contribution in [-0.2, 0) is 12.8 Å². The van der Waals surface area contributed by atoms with E-state index in [1.165, 1.54) is 36.4 Å². The number of halogens is 4. The molecular formula is C24H17F4N3O2. The van der Waals surface area contributed by atoms with Gasteiger partial charge in [-0.3, -0.25) is 0 Å². The van der Waals surface area contributed by atoms with Crippen molar-refractivity contribution in [2.45, 2.75) is 12.8 Å². The van der Waals surface area contributed by atoms with Gasteiger partial charge in [0.2, 0.25) is 5.95 Å². The first-order chi connectivity index (χ1) is 15.7. The van der Waals surface area contributed by atoms with Crippen molar-refractivity contribution in [1.29, 1.82) is 0 Å². The molecule has 0 unspecified atom stereocenters. The first-order valence-corrected chi connectivity index (χ1v) is 9.74. The van der Waals surface area contributed by atoms with Gasteiger partial charge < -0.3 is 15.6 Å². The summed E-state index contributed by atoms with van der Waals surface area (Å²) in [6.45, 7) is -0.0978. The van der Waals surface area contributed by atoms with Crippen LogP contribution in [0.3, 0.4) is 0 Å². The summed E-state index contributed by atoms with van der Waals surface area (Å²) in [4.78, 5) is 7.43. The number of phenols is 1. The molecule has 0 aliphatic rings. The van der Waals surface area contributed by atoms with Gasteiger partial charge in [0.1, 0.15) is 23.9 Å². The first kappa shape index (κ1) is 22.1. The fourth-order valence-corrected chi connectivity index (χ4v) is 3.33. The van der Waals surface area contributed by atoms with E-state index in [-0.39, 0.29) is 40.5 Å². The fraction of sp³-hybridized carbons (Fsp3) is 0.0833. The van der Waals surface area contributed by atoms with Crippen LogP contribution in [0.4, 0.5) is 23.5 Å². The molecule has 0 radical (unpaired) electrons. The maximum atomic E-state index is 13.8. The van der Waals surface area contributed by atoms with Crippen molar-refractivity contribution in [2.75, 3.05) is 5.73 Å². The SMILES string of the molecule is Nc1nc(-c2ccc(OCc3ccccc3F)cc2O)c(-c2ccccc2)c(C(F)(F)F)n1. The van der Waals surface area contributed by atoms with Gasteiger partial charge >= 0.3 is 6.18 Å². The molecule has 0 fully saturated rings. The number of ether oxygens (including phenoxy) is 1. The van der Waals surface area contributed by atoms with Gasteiger partial charge in [-0.15, -0.1) is 0 Å². The van der Waals surface area contributed by atoms with Crippen LogP contribution in [0.15, 0.2) is 72.8 Å². The number of nitrogens with two attached hydrogens (primary N) is 1. The third-order valence-electron chi connectivity index (χ3n) is 4.83. The van der Waals surface area contributed by atoms with Gasteiger partial charge in [-0.25, -0.2) is 14.4 Å². The second-order valence-electron chi connectivity index (χ2n) is 7.08. The summed E-state index contributed by atoms with van der Waals surface area (Å²) < 4.78 is 60.7. The minimum atomic E-state index is -4.81. The fourth-order valence-electron chi connectivity index (χ4n) is 3.33. The van der Waals surface area contributed by atoms with E-state index < -0.39 is 23.6 Å². The third-order valence-corrected chi connectivity index (χ3v) is 4.83. The molecule has 4 aromatic rings. The number of rotatable bonds is 5. The van der Waals surface area contributed by atoms with E-state index in [0.717, 1.165) is 0 Å². The summed E-state index contributed by atoms with van der Waals surface area (Å²) in [7, 11) is 0. The molecule has 0 amide bonds. The Morgan fingerprint density at radius 3 is 2.27 bits per heavy atom. The number of nitrogen functional groups attached to an aromatic ring is 1. The molecule has 3 aromatic carbocycles. The molecule has 0 aliphatic carbocycles. The first-order valence-electron chi connectivity index (χ1n) is 9.74. The molecule has 0 atom stereocenters. The van der Waals surface area contributed by atoms with Gasteiger partial charge in [-0.05, 0) is 23.8 Å². The van der Waals surface area contributed by atoms with Crippen molar-refractivity contribution in [3.63, 3.8) is 0 Å². The van der Waals surface area contributed by atoms with Gasteiger partial charge in [0.05, 0.1) is 5.69 Å². The van der Waals surface area contributed by atoms with Crippen molar-refractivity contribution < 1.29 is 27.4 Å². The van der Waals surface area contributed by atoms with Crippen molar-refractivity contribution in [3.05, 3.63) is 89.9 Å². The quantitative estimate of drug-likeness (QED) is 0.370. The van der Waals surface area contributed by atoms with Crippen LogP contribution in [0.25, 0.3) is 22.4 Å². The number of aromatic nitrogens is 2. The molecule has 0 saturated heterocycles. The Bertz CT molecular complexity index is 1290. The molecule has 0 bridgehead atoms. The van der Waals surface area contributed by atoms with Crippen LogP contribution in [0.2, 0.25) is 0 Å². The Morgan fingerprint density at radius 2 is 1.61 bits per heavy atom. The number of hydrogen-bond donors (Lipinski definition) is 2. The van der Waals surface area contributed by atoms with E-state index in [4.69, 9.17) is 10.5 Å². The average Bonchev–Trinajstić information content (AvgIpc) is 2.78. The maximum Gasteiger partial charge on any atom is 0.434 e. The van der Waals surface area contributed by atoms with Gasteiger partial charge in [-0.2, -0.15) is 13.2 Å². The van der Waals surface area contributed by atoms with E-state index in [2.05, 4.69) is 9.97 Å². The van der Waals surface area contributed by atoms with E-state index in [9.17, 15) is 22.7 Å². The second-order valence-corrected chi connectivity index (χ2v) is 7.08. The van der Waals surface area contributed by atoms with Gasteiger partial charge in [0.25, 0.3) is 0 Å². The maximum absolute atomic E-state index is 13.8.